The van der Waals surface area contributed by atoms with E-state index in [1.165, 1.54) is 18.4 Å². The average molecular weight is 423 g/mol. The predicted molar refractivity (Wildman–Crippen MR) is 127 cm³/mol. The lowest BCUT2D eigenvalue weighted by atomic mass is 9.67. The van der Waals surface area contributed by atoms with Gasteiger partial charge in [-0.3, -0.25) is 0 Å². The molecule has 0 aliphatic heterocycles. The molecular formula is C27H35ClN2. The monoisotopic (exact) mass is 422 g/mol. The van der Waals surface area contributed by atoms with Crippen LogP contribution in [0.1, 0.15) is 63.5 Å². The Labute approximate surface area is 187 Å². The number of likely N-dealkylation sites (N-methyl/N-ethyl adjacent to an activating group) is 1. The Morgan fingerprint density at radius 2 is 1.77 bits per heavy atom. The second-order valence-corrected chi connectivity index (χ2v) is 9.20. The molecule has 3 heteroatoms. The van der Waals surface area contributed by atoms with Crippen LogP contribution < -0.4 is 0 Å². The van der Waals surface area contributed by atoms with E-state index >= 15 is 0 Å². The average Bonchev–Trinajstić information content (AvgIpc) is 3.32. The van der Waals surface area contributed by atoms with Gasteiger partial charge in [0, 0.05) is 17.6 Å². The first-order chi connectivity index (χ1) is 14.6. The molecule has 0 spiro atoms. The molecule has 1 aliphatic rings. The molecule has 2 aromatic rings. The Morgan fingerprint density at radius 3 is 2.40 bits per heavy atom. The molecule has 0 N–H and O–H groups in total. The fourth-order valence-electron chi connectivity index (χ4n) is 5.23. The quantitative estimate of drug-likeness (QED) is 0.411. The van der Waals surface area contributed by atoms with Gasteiger partial charge in [-0.2, -0.15) is 5.26 Å². The lowest BCUT2D eigenvalue weighted by molar-refractivity contribution is 0.192. The molecule has 0 saturated heterocycles. The van der Waals surface area contributed by atoms with Crippen LogP contribution in [0.2, 0.25) is 5.02 Å². The zero-order chi connectivity index (χ0) is 21.4. The van der Waals surface area contributed by atoms with Gasteiger partial charge in [-0.1, -0.05) is 79.9 Å². The van der Waals surface area contributed by atoms with Gasteiger partial charge in [-0.05, 0) is 68.7 Å². The SMILES string of the molecule is CCN(CCc1ccccc1)C(C)CCC(C#N)(c1ccccc1Cl)C1CCCC1. The van der Waals surface area contributed by atoms with E-state index in [-0.39, 0.29) is 0 Å². The minimum absolute atomic E-state index is 0.411. The van der Waals surface area contributed by atoms with Crippen LogP contribution in [0.4, 0.5) is 0 Å². The Bertz CT molecular complexity index is 822. The van der Waals surface area contributed by atoms with Gasteiger partial charge in [0.25, 0.3) is 0 Å². The van der Waals surface area contributed by atoms with Crippen LogP contribution in [0.25, 0.3) is 0 Å². The summed E-state index contributed by atoms with van der Waals surface area (Å²) in [6.45, 7) is 6.64. The lowest BCUT2D eigenvalue weighted by Crippen LogP contribution is -2.38. The van der Waals surface area contributed by atoms with E-state index in [2.05, 4.69) is 61.2 Å². The van der Waals surface area contributed by atoms with E-state index in [1.54, 1.807) is 0 Å². The number of halogens is 1. The van der Waals surface area contributed by atoms with Crippen LogP contribution in [0.15, 0.2) is 54.6 Å². The smallest absolute Gasteiger partial charge is 0.0865 e. The van der Waals surface area contributed by atoms with E-state index in [0.29, 0.717) is 12.0 Å². The summed E-state index contributed by atoms with van der Waals surface area (Å²) in [4.78, 5) is 2.55. The highest BCUT2D eigenvalue weighted by atomic mass is 35.5. The highest BCUT2D eigenvalue weighted by molar-refractivity contribution is 6.31. The van der Waals surface area contributed by atoms with E-state index in [9.17, 15) is 5.26 Å². The highest BCUT2D eigenvalue weighted by Crippen LogP contribution is 2.47. The van der Waals surface area contributed by atoms with Crippen LogP contribution in [-0.4, -0.2) is 24.0 Å². The summed E-state index contributed by atoms with van der Waals surface area (Å²) in [5, 5.41) is 11.2. The number of nitriles is 1. The predicted octanol–water partition coefficient (Wildman–Crippen LogP) is 7.02. The summed E-state index contributed by atoms with van der Waals surface area (Å²) in [7, 11) is 0. The van der Waals surface area contributed by atoms with Crippen molar-refractivity contribution in [1.29, 1.82) is 5.26 Å². The zero-order valence-electron chi connectivity index (χ0n) is 18.5. The van der Waals surface area contributed by atoms with Gasteiger partial charge < -0.3 is 4.90 Å². The second-order valence-electron chi connectivity index (χ2n) is 8.80. The first kappa shape index (κ1) is 22.9. The largest absolute Gasteiger partial charge is 0.301 e. The van der Waals surface area contributed by atoms with Gasteiger partial charge in [0.05, 0.1) is 11.5 Å². The van der Waals surface area contributed by atoms with Crippen LogP contribution in [0.3, 0.4) is 0 Å². The first-order valence-corrected chi connectivity index (χ1v) is 11.9. The number of benzene rings is 2. The first-order valence-electron chi connectivity index (χ1n) is 11.5. The molecule has 0 radical (unpaired) electrons. The molecule has 0 amide bonds. The fourth-order valence-corrected chi connectivity index (χ4v) is 5.54. The van der Waals surface area contributed by atoms with Crippen molar-refractivity contribution in [2.24, 2.45) is 5.92 Å². The topological polar surface area (TPSA) is 27.0 Å². The van der Waals surface area contributed by atoms with Gasteiger partial charge in [-0.15, -0.1) is 0 Å². The van der Waals surface area contributed by atoms with Gasteiger partial charge in [0.1, 0.15) is 0 Å². The molecule has 0 bridgehead atoms. The number of hydrogen-bond donors (Lipinski definition) is 0. The third kappa shape index (κ3) is 5.26. The van der Waals surface area contributed by atoms with Crippen molar-refractivity contribution in [2.75, 3.05) is 13.1 Å². The van der Waals surface area contributed by atoms with Crippen molar-refractivity contribution in [3.8, 4) is 6.07 Å². The number of rotatable bonds is 10. The van der Waals surface area contributed by atoms with Crippen LogP contribution in [0.5, 0.6) is 0 Å². The standard InChI is InChI=1S/C27H35ClN2/c1-3-30(20-18-23-11-5-4-6-12-23)22(2)17-19-27(21-29,24-13-7-8-14-24)25-15-9-10-16-26(25)28/h4-6,9-12,15-16,22,24H,3,7-8,13-14,17-20H2,1-2H3. The van der Waals surface area contributed by atoms with Crippen LogP contribution in [0, 0.1) is 17.2 Å². The summed E-state index contributed by atoms with van der Waals surface area (Å²) in [6, 6.07) is 22.0. The molecule has 30 heavy (non-hydrogen) atoms. The summed E-state index contributed by atoms with van der Waals surface area (Å²) in [5.41, 5.74) is 1.96. The molecule has 1 fully saturated rings. The molecule has 2 atom stereocenters. The van der Waals surface area contributed by atoms with Crippen molar-refractivity contribution >= 4 is 11.6 Å². The number of nitrogens with zero attached hydrogens (tertiary/aromatic N) is 2. The summed E-state index contributed by atoms with van der Waals surface area (Å²) in [6.07, 6.45) is 7.68. The van der Waals surface area contributed by atoms with Gasteiger partial charge in [0.2, 0.25) is 0 Å². The summed E-state index contributed by atoms with van der Waals surface area (Å²) < 4.78 is 0. The van der Waals surface area contributed by atoms with Gasteiger partial charge >= 0.3 is 0 Å². The van der Waals surface area contributed by atoms with Crippen molar-refractivity contribution in [3.05, 3.63) is 70.7 Å². The second kappa shape index (κ2) is 11.0. The maximum atomic E-state index is 10.5. The zero-order valence-corrected chi connectivity index (χ0v) is 19.2. The molecule has 0 heterocycles. The van der Waals surface area contributed by atoms with Crippen LogP contribution >= 0.6 is 11.6 Å². The van der Waals surface area contributed by atoms with Crippen molar-refractivity contribution < 1.29 is 0 Å². The van der Waals surface area contributed by atoms with Gasteiger partial charge in [0.15, 0.2) is 0 Å². The third-order valence-corrected chi connectivity index (χ3v) is 7.45. The van der Waals surface area contributed by atoms with E-state index in [0.717, 1.165) is 55.8 Å². The van der Waals surface area contributed by atoms with Crippen molar-refractivity contribution in [1.82, 2.24) is 4.90 Å². The highest BCUT2D eigenvalue weighted by Gasteiger charge is 2.43. The molecule has 2 nitrogen and oxygen atoms in total. The Morgan fingerprint density at radius 1 is 1.10 bits per heavy atom. The fraction of sp³-hybridized carbons (Fsp3) is 0.519. The van der Waals surface area contributed by atoms with E-state index in [4.69, 9.17) is 11.6 Å². The maximum absolute atomic E-state index is 10.5. The van der Waals surface area contributed by atoms with Crippen molar-refractivity contribution in [3.63, 3.8) is 0 Å². The Hall–Kier alpha value is -1.82. The molecule has 160 valence electrons. The molecule has 2 aromatic carbocycles. The summed E-state index contributed by atoms with van der Waals surface area (Å²) >= 11 is 6.63. The minimum Gasteiger partial charge on any atom is -0.301 e. The molecule has 1 aliphatic carbocycles. The Balaban J connectivity index is 1.72. The third-order valence-electron chi connectivity index (χ3n) is 7.12. The van der Waals surface area contributed by atoms with Gasteiger partial charge in [-0.25, -0.2) is 0 Å². The molecule has 2 unspecified atom stereocenters. The molecule has 1 saturated carbocycles. The molecule has 3 rings (SSSR count). The maximum Gasteiger partial charge on any atom is 0.0865 e. The van der Waals surface area contributed by atoms with E-state index < -0.39 is 5.41 Å². The summed E-state index contributed by atoms with van der Waals surface area (Å²) in [5.74, 6) is 0.411. The normalized spacial score (nSPS) is 17.6. The Kier molecular flexibility index (Phi) is 8.37. The lowest BCUT2D eigenvalue weighted by Gasteiger charge is -2.36. The molecular weight excluding hydrogens is 388 g/mol. The van der Waals surface area contributed by atoms with Crippen LogP contribution in [-0.2, 0) is 11.8 Å². The number of hydrogen-bond acceptors (Lipinski definition) is 2. The molecule has 0 aromatic heterocycles. The minimum atomic E-state index is -0.470. The van der Waals surface area contributed by atoms with Crippen molar-refractivity contribution in [2.45, 2.75) is 70.3 Å². The van der Waals surface area contributed by atoms with E-state index in [1.807, 2.05) is 18.2 Å².